The van der Waals surface area contributed by atoms with E-state index in [-0.39, 0.29) is 10.6 Å². The van der Waals surface area contributed by atoms with Gasteiger partial charge in [0.1, 0.15) is 11.1 Å². The second-order valence-electron chi connectivity index (χ2n) is 3.34. The predicted octanol–water partition coefficient (Wildman–Crippen LogP) is -0.471. The van der Waals surface area contributed by atoms with Crippen molar-refractivity contribution in [3.05, 3.63) is 5.56 Å². The van der Waals surface area contributed by atoms with Gasteiger partial charge >= 0.3 is 0 Å². The maximum atomic E-state index is 11.5. The molecule has 7 heteroatoms. The van der Waals surface area contributed by atoms with Crippen LogP contribution in [0.1, 0.15) is 5.56 Å². The minimum atomic E-state index is -1.30. The number of aromatic nitrogens is 2. The molecule has 1 unspecified atom stereocenters. The number of nitriles is 1. The molecule has 0 aromatic carbocycles. The molecule has 0 amide bonds. The maximum Gasteiger partial charge on any atom is 0.225 e. The third-order valence-electron chi connectivity index (χ3n) is 1.95. The average molecular weight is 235 g/mol. The van der Waals surface area contributed by atoms with Crippen LogP contribution in [0.5, 0.6) is 0 Å². The lowest BCUT2D eigenvalue weighted by Crippen LogP contribution is -2.27. The lowest BCUT2D eigenvalue weighted by atomic mass is 9.75. The first kappa shape index (κ1) is 12.7. The van der Waals surface area contributed by atoms with Crippen LogP contribution in [-0.4, -0.2) is 41.8 Å². The summed E-state index contributed by atoms with van der Waals surface area (Å²) in [5.74, 6) is 0.456. The van der Waals surface area contributed by atoms with Crippen molar-refractivity contribution >= 4 is 29.6 Å². The van der Waals surface area contributed by atoms with E-state index in [0.29, 0.717) is 11.5 Å². The van der Waals surface area contributed by atoms with E-state index < -0.39 is 10.8 Å². The molecule has 0 spiro atoms. The molecule has 1 radical (unpaired) electrons. The molecule has 16 heavy (non-hydrogen) atoms. The lowest BCUT2D eigenvalue weighted by Gasteiger charge is -2.13. The first-order valence-corrected chi connectivity index (χ1v) is 6.19. The molecule has 0 aliphatic carbocycles. The molecule has 83 valence electrons. The SMILES string of the molecule is C[B]c1nc(N(C)C)nc(S(C)=O)c1C#N. The molecule has 1 aromatic heterocycles. The molecule has 1 heterocycles. The molecule has 1 rings (SSSR count). The van der Waals surface area contributed by atoms with Crippen LogP contribution in [0.25, 0.3) is 0 Å². The van der Waals surface area contributed by atoms with Gasteiger partial charge in [0.05, 0.1) is 16.4 Å². The standard InChI is InChI=1S/C9H12BN4OS/c1-10-7-6(5-11)8(16(4)15)13-9(12-7)14(2)3/h1-4H3. The van der Waals surface area contributed by atoms with Gasteiger partial charge in [-0.05, 0) is 0 Å². The second-order valence-corrected chi connectivity index (χ2v) is 4.63. The number of nitrogens with zero attached hydrogens (tertiary/aromatic N) is 4. The minimum absolute atomic E-state index is 0.286. The summed E-state index contributed by atoms with van der Waals surface area (Å²) in [7, 11) is 4.00. The van der Waals surface area contributed by atoms with Crippen LogP contribution in [0.3, 0.4) is 0 Å². The first-order valence-electron chi connectivity index (χ1n) is 4.63. The summed E-state index contributed by atoms with van der Waals surface area (Å²) in [6.45, 7) is 1.78. The highest BCUT2D eigenvalue weighted by Crippen LogP contribution is 2.10. The quantitative estimate of drug-likeness (QED) is 0.523. The summed E-state index contributed by atoms with van der Waals surface area (Å²) in [6.07, 6.45) is 1.50. The van der Waals surface area contributed by atoms with Crippen LogP contribution < -0.4 is 10.5 Å². The number of hydrogen-bond acceptors (Lipinski definition) is 5. The van der Waals surface area contributed by atoms with E-state index in [1.807, 2.05) is 6.07 Å². The molecule has 0 aliphatic heterocycles. The van der Waals surface area contributed by atoms with E-state index in [9.17, 15) is 4.21 Å². The third-order valence-corrected chi connectivity index (χ3v) is 2.79. The monoisotopic (exact) mass is 235 g/mol. The molecular weight excluding hydrogens is 223 g/mol. The summed E-state index contributed by atoms with van der Waals surface area (Å²) >= 11 is 0. The highest BCUT2D eigenvalue weighted by Gasteiger charge is 2.16. The smallest absolute Gasteiger partial charge is 0.225 e. The minimum Gasteiger partial charge on any atom is -0.347 e. The van der Waals surface area contributed by atoms with Gasteiger partial charge in [-0.15, -0.1) is 0 Å². The Labute approximate surface area is 98.2 Å². The van der Waals surface area contributed by atoms with Crippen LogP contribution >= 0.6 is 0 Å². The van der Waals surface area contributed by atoms with E-state index in [1.54, 1.807) is 33.1 Å². The van der Waals surface area contributed by atoms with Gasteiger partial charge in [0.2, 0.25) is 5.95 Å². The third kappa shape index (κ3) is 2.39. The molecule has 0 bridgehead atoms. The molecule has 0 saturated heterocycles. The Bertz CT molecular complexity index is 469. The van der Waals surface area contributed by atoms with E-state index in [1.165, 1.54) is 6.26 Å². The zero-order valence-corrected chi connectivity index (χ0v) is 10.5. The van der Waals surface area contributed by atoms with Crippen LogP contribution in [0.2, 0.25) is 6.82 Å². The van der Waals surface area contributed by atoms with Crippen LogP contribution in [-0.2, 0) is 10.8 Å². The van der Waals surface area contributed by atoms with Crippen molar-refractivity contribution in [2.45, 2.75) is 11.8 Å². The van der Waals surface area contributed by atoms with Gasteiger partial charge in [0.25, 0.3) is 0 Å². The Balaban J connectivity index is 3.51. The zero-order valence-electron chi connectivity index (χ0n) is 9.68. The Morgan fingerprint density at radius 2 is 2.06 bits per heavy atom. The largest absolute Gasteiger partial charge is 0.347 e. The van der Waals surface area contributed by atoms with Crippen molar-refractivity contribution in [2.24, 2.45) is 0 Å². The summed E-state index contributed by atoms with van der Waals surface area (Å²) in [5, 5.41) is 9.30. The predicted molar refractivity (Wildman–Crippen MR) is 64.7 cm³/mol. The topological polar surface area (TPSA) is 69.9 Å². The summed E-state index contributed by atoms with van der Waals surface area (Å²) < 4.78 is 11.5. The summed E-state index contributed by atoms with van der Waals surface area (Å²) in [6, 6.07) is 1.99. The van der Waals surface area contributed by atoms with Gasteiger partial charge < -0.3 is 4.90 Å². The van der Waals surface area contributed by atoms with Gasteiger partial charge in [-0.25, -0.2) is 9.97 Å². The average Bonchev–Trinajstić information content (AvgIpc) is 2.26. The Hall–Kier alpha value is -1.42. The fourth-order valence-electron chi connectivity index (χ4n) is 1.17. The Morgan fingerprint density at radius 1 is 1.44 bits per heavy atom. The number of anilines is 1. The van der Waals surface area contributed by atoms with Crippen LogP contribution in [0.15, 0.2) is 5.03 Å². The molecular formula is C9H12BN4OS. The van der Waals surface area contributed by atoms with Crippen molar-refractivity contribution in [1.29, 1.82) is 5.26 Å². The van der Waals surface area contributed by atoms with E-state index in [2.05, 4.69) is 9.97 Å². The zero-order chi connectivity index (χ0) is 12.3. The van der Waals surface area contributed by atoms with E-state index in [0.717, 1.165) is 0 Å². The van der Waals surface area contributed by atoms with Crippen molar-refractivity contribution in [3.63, 3.8) is 0 Å². The maximum absolute atomic E-state index is 11.5. The van der Waals surface area contributed by atoms with Crippen LogP contribution in [0, 0.1) is 11.3 Å². The summed E-state index contributed by atoms with van der Waals surface area (Å²) in [4.78, 5) is 10.0. The lowest BCUT2D eigenvalue weighted by molar-refractivity contribution is 0.683. The highest BCUT2D eigenvalue weighted by molar-refractivity contribution is 7.84. The molecule has 0 saturated carbocycles. The summed E-state index contributed by atoms with van der Waals surface area (Å²) in [5.41, 5.74) is 0.806. The number of rotatable bonds is 3. The Morgan fingerprint density at radius 3 is 2.44 bits per heavy atom. The van der Waals surface area contributed by atoms with E-state index in [4.69, 9.17) is 5.26 Å². The highest BCUT2D eigenvalue weighted by atomic mass is 32.2. The van der Waals surface area contributed by atoms with Gasteiger partial charge in [-0.1, -0.05) is 6.82 Å². The fraction of sp³-hybridized carbons (Fsp3) is 0.444. The van der Waals surface area contributed by atoms with Crippen LogP contribution in [0.4, 0.5) is 5.95 Å². The van der Waals surface area contributed by atoms with E-state index >= 15 is 0 Å². The van der Waals surface area contributed by atoms with Gasteiger partial charge in [-0.2, -0.15) is 5.26 Å². The van der Waals surface area contributed by atoms with Crippen molar-refractivity contribution in [2.75, 3.05) is 25.3 Å². The van der Waals surface area contributed by atoms with Crippen molar-refractivity contribution < 1.29 is 4.21 Å². The van der Waals surface area contributed by atoms with Gasteiger partial charge in [0, 0.05) is 25.9 Å². The van der Waals surface area contributed by atoms with Gasteiger partial charge in [0.15, 0.2) is 7.28 Å². The molecule has 1 atom stereocenters. The first-order chi connectivity index (χ1) is 7.51. The molecule has 5 nitrogen and oxygen atoms in total. The Kier molecular flexibility index (Phi) is 4.02. The molecule has 0 N–H and O–H groups in total. The normalized spacial score (nSPS) is 11.7. The second kappa shape index (κ2) is 5.08. The van der Waals surface area contributed by atoms with Crippen molar-refractivity contribution in [1.82, 2.24) is 9.97 Å². The molecule has 0 fully saturated rings. The van der Waals surface area contributed by atoms with Crippen molar-refractivity contribution in [3.8, 4) is 6.07 Å². The number of hydrogen-bond donors (Lipinski definition) is 0. The molecule has 0 aliphatic rings. The fourth-order valence-corrected chi connectivity index (χ4v) is 1.81. The van der Waals surface area contributed by atoms with Gasteiger partial charge in [-0.3, -0.25) is 4.21 Å². The molecule has 1 aromatic rings.